The van der Waals surface area contributed by atoms with E-state index in [4.69, 9.17) is 0 Å². The Morgan fingerprint density at radius 2 is 2.07 bits per heavy atom. The third kappa shape index (κ3) is 2.17. The summed E-state index contributed by atoms with van der Waals surface area (Å²) in [6, 6.07) is 1.94. The van der Waals surface area contributed by atoms with Crippen LogP contribution in [-0.4, -0.2) is 14.8 Å². The van der Waals surface area contributed by atoms with Gasteiger partial charge in [-0.1, -0.05) is 0 Å². The van der Waals surface area contributed by atoms with Gasteiger partial charge in [0.1, 0.15) is 0 Å². The Labute approximate surface area is 111 Å². The molecule has 0 aliphatic heterocycles. The second-order valence-electron chi connectivity index (χ2n) is 2.56. The zero-order valence-corrected chi connectivity index (χ0v) is 12.1. The highest BCUT2D eigenvalue weighted by atomic mass is 127. The predicted molar refractivity (Wildman–Crippen MR) is 69.5 cm³/mol. The Balaban J connectivity index is 2.52. The van der Waals surface area contributed by atoms with Crippen molar-refractivity contribution < 1.29 is 0 Å². The van der Waals surface area contributed by atoms with Crippen LogP contribution in [0.1, 0.15) is 0 Å². The average molecular weight is 429 g/mol. The molecule has 72 valence electrons. The average Bonchev–Trinajstić information content (AvgIpc) is 2.51. The Bertz CT molecular complexity index is 469. The highest BCUT2D eigenvalue weighted by Crippen LogP contribution is 2.22. The molecule has 14 heavy (non-hydrogen) atoms. The minimum Gasteiger partial charge on any atom is -0.235 e. The molecule has 0 saturated carbocycles. The number of nitrogens with zero attached hydrogens (tertiary/aromatic N) is 3. The third-order valence-corrected chi connectivity index (χ3v) is 3.13. The van der Waals surface area contributed by atoms with Gasteiger partial charge in [-0.15, -0.1) is 0 Å². The number of pyridine rings is 1. The lowest BCUT2D eigenvalue weighted by molar-refractivity contribution is 0.840. The van der Waals surface area contributed by atoms with Gasteiger partial charge in [-0.25, -0.2) is 9.67 Å². The van der Waals surface area contributed by atoms with Gasteiger partial charge in [0.25, 0.3) is 0 Å². The minimum atomic E-state index is 0.788. The molecule has 0 aliphatic carbocycles. The fraction of sp³-hybridized carbons (Fsp3) is 0. The van der Waals surface area contributed by atoms with Crippen LogP contribution < -0.4 is 0 Å². The van der Waals surface area contributed by atoms with E-state index in [9.17, 15) is 0 Å². The lowest BCUT2D eigenvalue weighted by Crippen LogP contribution is -1.98. The van der Waals surface area contributed by atoms with Crippen molar-refractivity contribution in [1.82, 2.24) is 14.8 Å². The first-order valence-electron chi connectivity index (χ1n) is 3.68. The van der Waals surface area contributed by atoms with Crippen molar-refractivity contribution in [2.75, 3.05) is 0 Å². The quantitative estimate of drug-likeness (QED) is 0.652. The van der Waals surface area contributed by atoms with Gasteiger partial charge < -0.3 is 0 Å². The van der Waals surface area contributed by atoms with Crippen molar-refractivity contribution in [3.63, 3.8) is 0 Å². The van der Waals surface area contributed by atoms with Crippen molar-refractivity contribution in [2.24, 2.45) is 0 Å². The summed E-state index contributed by atoms with van der Waals surface area (Å²) < 4.78 is 4.67. The van der Waals surface area contributed by atoms with E-state index in [1.54, 1.807) is 17.1 Å². The Hall–Kier alpha value is 0.0500. The molecular weight excluding hydrogens is 425 g/mol. The van der Waals surface area contributed by atoms with E-state index < -0.39 is 0 Å². The van der Waals surface area contributed by atoms with Crippen LogP contribution in [0.25, 0.3) is 5.82 Å². The standard InChI is InChI=1S/C8H4Br2IN3/c9-5-1-7(10)8(12-2-5)14-4-6(11)3-13-14/h1-4H. The van der Waals surface area contributed by atoms with E-state index in [1.165, 1.54) is 0 Å². The van der Waals surface area contributed by atoms with Gasteiger partial charge in [0.05, 0.1) is 14.2 Å². The third-order valence-electron chi connectivity index (χ3n) is 1.56. The normalized spacial score (nSPS) is 10.5. The predicted octanol–water partition coefficient (Wildman–Crippen LogP) is 3.40. The zero-order chi connectivity index (χ0) is 10.1. The largest absolute Gasteiger partial charge is 0.235 e. The number of rotatable bonds is 1. The van der Waals surface area contributed by atoms with E-state index in [2.05, 4.69) is 64.5 Å². The van der Waals surface area contributed by atoms with Gasteiger partial charge in [-0.05, 0) is 60.5 Å². The summed E-state index contributed by atoms with van der Waals surface area (Å²) in [4.78, 5) is 4.26. The second kappa shape index (κ2) is 4.28. The van der Waals surface area contributed by atoms with Crippen LogP contribution in [0.2, 0.25) is 0 Å². The summed E-state index contributed by atoms with van der Waals surface area (Å²) in [5, 5.41) is 4.18. The molecular formula is C8H4Br2IN3. The van der Waals surface area contributed by atoms with E-state index in [1.807, 2.05) is 12.3 Å². The molecule has 0 aliphatic rings. The highest BCUT2D eigenvalue weighted by molar-refractivity contribution is 14.1. The molecule has 2 aromatic rings. The summed E-state index contributed by atoms with van der Waals surface area (Å²) >= 11 is 9.00. The van der Waals surface area contributed by atoms with E-state index in [0.717, 1.165) is 18.3 Å². The van der Waals surface area contributed by atoms with Gasteiger partial charge in [-0.3, -0.25) is 0 Å². The number of hydrogen-bond donors (Lipinski definition) is 0. The number of aromatic nitrogens is 3. The van der Waals surface area contributed by atoms with E-state index in [0.29, 0.717) is 0 Å². The fourth-order valence-electron chi connectivity index (χ4n) is 0.993. The van der Waals surface area contributed by atoms with Gasteiger partial charge in [0.2, 0.25) is 0 Å². The highest BCUT2D eigenvalue weighted by Gasteiger charge is 2.05. The van der Waals surface area contributed by atoms with Gasteiger partial charge >= 0.3 is 0 Å². The van der Waals surface area contributed by atoms with E-state index >= 15 is 0 Å². The topological polar surface area (TPSA) is 30.7 Å². The smallest absolute Gasteiger partial charge is 0.167 e. The van der Waals surface area contributed by atoms with Crippen molar-refractivity contribution in [3.8, 4) is 5.82 Å². The summed E-state index contributed by atoms with van der Waals surface area (Å²) in [6.07, 6.45) is 5.45. The molecule has 0 atom stereocenters. The molecule has 2 aromatic heterocycles. The van der Waals surface area contributed by atoms with Crippen LogP contribution in [0, 0.1) is 3.57 Å². The lowest BCUT2D eigenvalue weighted by Gasteiger charge is -2.02. The maximum Gasteiger partial charge on any atom is 0.167 e. The summed E-state index contributed by atoms with van der Waals surface area (Å²) in [6.45, 7) is 0. The minimum absolute atomic E-state index is 0.788. The molecule has 0 bridgehead atoms. The molecule has 0 fully saturated rings. The molecule has 0 spiro atoms. The SMILES string of the molecule is Brc1cnc(-n2cc(I)cn2)c(Br)c1. The molecule has 0 aromatic carbocycles. The van der Waals surface area contributed by atoms with Crippen LogP contribution >= 0.6 is 54.5 Å². The van der Waals surface area contributed by atoms with Gasteiger partial charge in [0, 0.05) is 16.9 Å². The molecule has 0 unspecified atom stereocenters. The first-order chi connectivity index (χ1) is 6.66. The maximum absolute atomic E-state index is 4.26. The van der Waals surface area contributed by atoms with Crippen LogP contribution in [0.15, 0.2) is 33.6 Å². The Morgan fingerprint density at radius 3 is 2.64 bits per heavy atom. The van der Waals surface area contributed by atoms with E-state index in [-0.39, 0.29) is 0 Å². The zero-order valence-electron chi connectivity index (χ0n) is 6.78. The fourth-order valence-corrected chi connectivity index (χ4v) is 2.55. The first kappa shape index (κ1) is 10.6. The Kier molecular flexibility index (Phi) is 3.23. The molecule has 3 nitrogen and oxygen atoms in total. The molecule has 0 saturated heterocycles. The van der Waals surface area contributed by atoms with Crippen molar-refractivity contribution in [3.05, 3.63) is 37.2 Å². The lowest BCUT2D eigenvalue weighted by atomic mass is 10.5. The summed E-state index contributed by atoms with van der Waals surface area (Å²) in [5.41, 5.74) is 0. The first-order valence-corrected chi connectivity index (χ1v) is 6.35. The molecule has 6 heteroatoms. The van der Waals surface area contributed by atoms with Crippen LogP contribution in [0.3, 0.4) is 0 Å². The molecule has 2 heterocycles. The van der Waals surface area contributed by atoms with Crippen molar-refractivity contribution in [1.29, 1.82) is 0 Å². The summed E-state index contributed by atoms with van der Waals surface area (Å²) in [7, 11) is 0. The second-order valence-corrected chi connectivity index (χ2v) is 5.58. The molecule has 0 radical (unpaired) electrons. The van der Waals surface area contributed by atoms with Gasteiger partial charge in [0.15, 0.2) is 5.82 Å². The monoisotopic (exact) mass is 427 g/mol. The van der Waals surface area contributed by atoms with Gasteiger partial charge in [-0.2, -0.15) is 5.10 Å². The molecule has 0 N–H and O–H groups in total. The van der Waals surface area contributed by atoms with Crippen LogP contribution in [-0.2, 0) is 0 Å². The summed E-state index contributed by atoms with van der Waals surface area (Å²) in [5.74, 6) is 0.788. The molecule has 0 amide bonds. The van der Waals surface area contributed by atoms with Crippen molar-refractivity contribution in [2.45, 2.75) is 0 Å². The number of hydrogen-bond acceptors (Lipinski definition) is 2. The van der Waals surface area contributed by atoms with Crippen LogP contribution in [0.4, 0.5) is 0 Å². The van der Waals surface area contributed by atoms with Crippen LogP contribution in [0.5, 0.6) is 0 Å². The van der Waals surface area contributed by atoms with Crippen molar-refractivity contribution >= 4 is 54.5 Å². The Morgan fingerprint density at radius 1 is 1.29 bits per heavy atom. The molecule has 2 rings (SSSR count). The number of halogens is 3. The maximum atomic E-state index is 4.26.